The normalized spacial score (nSPS) is 10.8. The van der Waals surface area contributed by atoms with Crippen LogP contribution in [0.25, 0.3) is 0 Å². The van der Waals surface area contributed by atoms with Crippen molar-refractivity contribution in [3.63, 3.8) is 0 Å². The van der Waals surface area contributed by atoms with Gasteiger partial charge in [-0.05, 0) is 37.9 Å². The van der Waals surface area contributed by atoms with E-state index in [1.165, 1.54) is 11.3 Å². The van der Waals surface area contributed by atoms with Crippen LogP contribution in [0.4, 0.5) is 0 Å². The number of halogens is 2. The minimum Gasteiger partial charge on any atom is -0.294 e. The van der Waals surface area contributed by atoms with Crippen molar-refractivity contribution in [3.8, 4) is 0 Å². The molecular formula is C8H8Br2OS. The maximum atomic E-state index is 11.5. The van der Waals surface area contributed by atoms with Crippen molar-refractivity contribution in [3.05, 3.63) is 19.2 Å². The van der Waals surface area contributed by atoms with Gasteiger partial charge in [0.1, 0.15) is 0 Å². The highest BCUT2D eigenvalue weighted by Crippen LogP contribution is 2.33. The van der Waals surface area contributed by atoms with E-state index in [0.717, 1.165) is 13.1 Å². The lowest BCUT2D eigenvalue weighted by Crippen LogP contribution is -2.06. The quantitative estimate of drug-likeness (QED) is 0.751. The number of carbonyl (C=O) groups is 1. The number of hydrogen-bond donors (Lipinski definition) is 0. The van der Waals surface area contributed by atoms with Crippen LogP contribution in [0.2, 0.25) is 0 Å². The Kier molecular flexibility index (Phi) is 3.49. The highest BCUT2D eigenvalue weighted by atomic mass is 79.9. The first-order valence-corrected chi connectivity index (χ1v) is 5.91. The van der Waals surface area contributed by atoms with Crippen LogP contribution in [0.1, 0.15) is 24.2 Å². The van der Waals surface area contributed by atoms with E-state index >= 15 is 0 Å². The van der Waals surface area contributed by atoms with Crippen LogP contribution in [-0.2, 0) is 0 Å². The highest BCUT2D eigenvalue weighted by Gasteiger charge is 2.16. The molecule has 0 aliphatic heterocycles. The van der Waals surface area contributed by atoms with Crippen LogP contribution in [0, 0.1) is 5.92 Å². The predicted octanol–water partition coefficient (Wildman–Crippen LogP) is 4.11. The molecule has 0 saturated heterocycles. The van der Waals surface area contributed by atoms with Crippen LogP contribution in [0.5, 0.6) is 0 Å². The van der Waals surface area contributed by atoms with Crippen LogP contribution in [0.3, 0.4) is 0 Å². The monoisotopic (exact) mass is 310 g/mol. The summed E-state index contributed by atoms with van der Waals surface area (Å²) in [6.07, 6.45) is 0. The van der Waals surface area contributed by atoms with Crippen LogP contribution < -0.4 is 0 Å². The largest absolute Gasteiger partial charge is 0.294 e. The average molecular weight is 312 g/mol. The minimum atomic E-state index is 0.0581. The SMILES string of the molecule is CC(C)C(=O)c1cc(Br)sc1Br. The second-order valence-electron chi connectivity index (χ2n) is 2.76. The van der Waals surface area contributed by atoms with Crippen LogP contribution in [-0.4, -0.2) is 5.78 Å². The molecule has 1 aromatic heterocycles. The molecule has 66 valence electrons. The third kappa shape index (κ3) is 2.18. The van der Waals surface area contributed by atoms with Gasteiger partial charge < -0.3 is 0 Å². The zero-order valence-electron chi connectivity index (χ0n) is 6.73. The molecule has 0 fully saturated rings. The van der Waals surface area contributed by atoms with Gasteiger partial charge in [-0.1, -0.05) is 13.8 Å². The van der Waals surface area contributed by atoms with Crippen molar-refractivity contribution in [2.45, 2.75) is 13.8 Å². The summed E-state index contributed by atoms with van der Waals surface area (Å²) in [7, 11) is 0. The Morgan fingerprint density at radius 1 is 1.50 bits per heavy atom. The van der Waals surface area contributed by atoms with Gasteiger partial charge in [0.05, 0.1) is 7.57 Å². The summed E-state index contributed by atoms with van der Waals surface area (Å²) in [4.78, 5) is 11.5. The zero-order valence-corrected chi connectivity index (χ0v) is 10.7. The van der Waals surface area contributed by atoms with Crippen LogP contribution >= 0.6 is 43.2 Å². The Bertz CT molecular complexity index is 304. The summed E-state index contributed by atoms with van der Waals surface area (Å²) in [5.74, 6) is 0.242. The number of carbonyl (C=O) groups excluding carboxylic acids is 1. The molecule has 0 aliphatic carbocycles. The van der Waals surface area contributed by atoms with Gasteiger partial charge in [0.2, 0.25) is 0 Å². The van der Waals surface area contributed by atoms with Gasteiger partial charge in [-0.25, -0.2) is 0 Å². The van der Waals surface area contributed by atoms with E-state index in [1.807, 2.05) is 19.9 Å². The van der Waals surface area contributed by atoms with Gasteiger partial charge in [0.15, 0.2) is 5.78 Å². The summed E-state index contributed by atoms with van der Waals surface area (Å²) >= 11 is 8.22. The van der Waals surface area contributed by atoms with Gasteiger partial charge in [0, 0.05) is 11.5 Å². The zero-order chi connectivity index (χ0) is 9.30. The lowest BCUT2D eigenvalue weighted by molar-refractivity contribution is 0.0939. The second-order valence-corrected chi connectivity index (χ2v) is 6.51. The Morgan fingerprint density at radius 3 is 2.42 bits per heavy atom. The van der Waals surface area contributed by atoms with Gasteiger partial charge >= 0.3 is 0 Å². The molecule has 1 rings (SSSR count). The van der Waals surface area contributed by atoms with Crippen molar-refractivity contribution < 1.29 is 4.79 Å². The lowest BCUT2D eigenvalue weighted by atomic mass is 10.0. The third-order valence-corrected chi connectivity index (χ3v) is 3.79. The first kappa shape index (κ1) is 10.4. The van der Waals surface area contributed by atoms with Gasteiger partial charge in [-0.3, -0.25) is 4.79 Å². The predicted molar refractivity (Wildman–Crippen MR) is 58.9 cm³/mol. The fourth-order valence-corrected chi connectivity index (χ4v) is 3.64. The number of thiophene rings is 1. The molecule has 0 atom stereocenters. The van der Waals surface area contributed by atoms with Crippen molar-refractivity contribution in [2.24, 2.45) is 5.92 Å². The topological polar surface area (TPSA) is 17.1 Å². The maximum Gasteiger partial charge on any atom is 0.167 e. The van der Waals surface area contributed by atoms with E-state index in [-0.39, 0.29) is 11.7 Å². The first-order chi connectivity index (χ1) is 5.52. The van der Waals surface area contributed by atoms with Gasteiger partial charge in [-0.15, -0.1) is 11.3 Å². The van der Waals surface area contributed by atoms with E-state index in [9.17, 15) is 4.79 Å². The Labute approximate surface area is 92.4 Å². The molecule has 0 aromatic carbocycles. The molecule has 1 aromatic rings. The van der Waals surface area contributed by atoms with Gasteiger partial charge in [0.25, 0.3) is 0 Å². The molecule has 0 radical (unpaired) electrons. The summed E-state index contributed by atoms with van der Waals surface area (Å²) < 4.78 is 1.89. The average Bonchev–Trinajstić information content (AvgIpc) is 2.28. The second kappa shape index (κ2) is 4.03. The molecule has 0 spiro atoms. The van der Waals surface area contributed by atoms with Gasteiger partial charge in [-0.2, -0.15) is 0 Å². The van der Waals surface area contributed by atoms with Crippen LogP contribution in [0.15, 0.2) is 13.6 Å². The summed E-state index contributed by atoms with van der Waals surface area (Å²) in [5.41, 5.74) is 0.780. The van der Waals surface area contributed by atoms with E-state index in [0.29, 0.717) is 0 Å². The fraction of sp³-hybridized carbons (Fsp3) is 0.375. The first-order valence-electron chi connectivity index (χ1n) is 3.51. The van der Waals surface area contributed by atoms with Crippen molar-refractivity contribution in [1.29, 1.82) is 0 Å². The standard InChI is InChI=1S/C8H8Br2OS/c1-4(2)7(11)5-3-6(9)12-8(5)10/h3-4H,1-2H3. The summed E-state index contributed by atoms with van der Waals surface area (Å²) in [5, 5.41) is 0. The highest BCUT2D eigenvalue weighted by molar-refractivity contribution is 9.12. The smallest absolute Gasteiger partial charge is 0.167 e. The summed E-state index contributed by atoms with van der Waals surface area (Å²) in [6.45, 7) is 3.81. The molecule has 0 amide bonds. The summed E-state index contributed by atoms with van der Waals surface area (Å²) in [6, 6.07) is 1.86. The molecule has 1 heterocycles. The Hall–Kier alpha value is 0.330. The van der Waals surface area contributed by atoms with Crippen molar-refractivity contribution >= 4 is 49.0 Å². The maximum absolute atomic E-state index is 11.5. The van der Waals surface area contributed by atoms with E-state index in [1.54, 1.807) is 0 Å². The van der Waals surface area contributed by atoms with E-state index in [4.69, 9.17) is 0 Å². The third-order valence-electron chi connectivity index (χ3n) is 1.45. The number of Topliss-reactive ketones (excluding diaryl/α,β-unsaturated/α-hetero) is 1. The molecule has 1 nitrogen and oxygen atoms in total. The molecule has 0 bridgehead atoms. The lowest BCUT2D eigenvalue weighted by Gasteiger charge is -2.00. The molecule has 4 heteroatoms. The van der Waals surface area contributed by atoms with Crippen molar-refractivity contribution in [1.82, 2.24) is 0 Å². The Balaban J connectivity index is 3.02. The number of hydrogen-bond acceptors (Lipinski definition) is 2. The molecular weight excluding hydrogens is 304 g/mol. The number of ketones is 1. The molecule has 12 heavy (non-hydrogen) atoms. The molecule has 0 saturated carbocycles. The number of rotatable bonds is 2. The Morgan fingerprint density at radius 2 is 2.08 bits per heavy atom. The molecule has 0 unspecified atom stereocenters. The fourth-order valence-electron chi connectivity index (χ4n) is 0.819. The molecule has 0 N–H and O–H groups in total. The van der Waals surface area contributed by atoms with E-state index in [2.05, 4.69) is 31.9 Å². The minimum absolute atomic E-state index is 0.0581. The van der Waals surface area contributed by atoms with E-state index < -0.39 is 0 Å². The molecule has 0 aliphatic rings. The van der Waals surface area contributed by atoms with Crippen molar-refractivity contribution in [2.75, 3.05) is 0 Å².